The van der Waals surface area contributed by atoms with E-state index in [4.69, 9.17) is 0 Å². The average molecular weight is 197 g/mol. The maximum atomic E-state index is 3.42. The van der Waals surface area contributed by atoms with Gasteiger partial charge < -0.3 is 5.32 Å². The first-order valence-electron chi connectivity index (χ1n) is 5.91. The Morgan fingerprint density at radius 3 is 2.36 bits per heavy atom. The van der Waals surface area contributed by atoms with Crippen LogP contribution in [0.3, 0.4) is 0 Å². The van der Waals surface area contributed by atoms with E-state index in [-0.39, 0.29) is 0 Å². The first-order chi connectivity index (χ1) is 6.52. The molecule has 0 fully saturated rings. The highest BCUT2D eigenvalue weighted by atomic mass is 14.9. The van der Waals surface area contributed by atoms with Gasteiger partial charge in [-0.15, -0.1) is 0 Å². The molecule has 0 unspecified atom stereocenters. The fourth-order valence-electron chi connectivity index (χ4n) is 1.31. The van der Waals surface area contributed by atoms with Gasteiger partial charge >= 0.3 is 0 Å². The number of hydrogen-bond acceptors (Lipinski definition) is 1. The molecule has 0 amide bonds. The second-order valence-electron chi connectivity index (χ2n) is 4.88. The molecule has 84 valence electrons. The number of hydrogen-bond donors (Lipinski definition) is 1. The van der Waals surface area contributed by atoms with Gasteiger partial charge in [-0.2, -0.15) is 0 Å². The summed E-state index contributed by atoms with van der Waals surface area (Å²) in [6.45, 7) is 12.3. The van der Waals surface area contributed by atoms with Crippen LogP contribution < -0.4 is 5.32 Å². The Morgan fingerprint density at radius 1 is 1.21 bits per heavy atom. The van der Waals surface area contributed by atoms with E-state index in [1.807, 2.05) is 0 Å². The predicted molar refractivity (Wildman–Crippen MR) is 65.6 cm³/mol. The van der Waals surface area contributed by atoms with Crippen LogP contribution in [0.2, 0.25) is 0 Å². The largest absolute Gasteiger partial charge is 0.314 e. The van der Waals surface area contributed by atoms with Gasteiger partial charge in [0.25, 0.3) is 0 Å². The van der Waals surface area contributed by atoms with Crippen molar-refractivity contribution in [2.75, 3.05) is 6.54 Å². The Morgan fingerprint density at radius 2 is 1.86 bits per heavy atom. The van der Waals surface area contributed by atoms with Crippen LogP contribution in [0.15, 0.2) is 11.6 Å². The zero-order chi connectivity index (χ0) is 11.0. The summed E-state index contributed by atoms with van der Waals surface area (Å²) < 4.78 is 0. The average Bonchev–Trinajstić information content (AvgIpc) is 2.08. The second-order valence-corrected chi connectivity index (χ2v) is 4.88. The minimum absolute atomic E-state index is 0.611. The number of rotatable bonds is 7. The van der Waals surface area contributed by atoms with Gasteiger partial charge in [0.2, 0.25) is 0 Å². The molecular weight excluding hydrogens is 170 g/mol. The highest BCUT2D eigenvalue weighted by Gasteiger charge is 1.95. The SMILES string of the molecule is CC(=CCCNC(C)C)CCC(C)C. The third kappa shape index (κ3) is 9.79. The quantitative estimate of drug-likeness (QED) is 0.484. The van der Waals surface area contributed by atoms with E-state index in [2.05, 4.69) is 46.0 Å². The minimum atomic E-state index is 0.611. The maximum absolute atomic E-state index is 3.42. The van der Waals surface area contributed by atoms with Crippen LogP contribution in [0, 0.1) is 5.92 Å². The summed E-state index contributed by atoms with van der Waals surface area (Å²) >= 11 is 0. The smallest absolute Gasteiger partial charge is 0.00105 e. The van der Waals surface area contributed by atoms with Crippen LogP contribution in [0.25, 0.3) is 0 Å². The van der Waals surface area contributed by atoms with Crippen LogP contribution in [0.4, 0.5) is 0 Å². The maximum Gasteiger partial charge on any atom is 0.00105 e. The minimum Gasteiger partial charge on any atom is -0.314 e. The topological polar surface area (TPSA) is 12.0 Å². The molecule has 0 aromatic rings. The molecular formula is C13H27N. The van der Waals surface area contributed by atoms with Crippen molar-refractivity contribution in [3.05, 3.63) is 11.6 Å². The fraction of sp³-hybridized carbons (Fsp3) is 0.846. The van der Waals surface area contributed by atoms with Crippen LogP contribution in [-0.2, 0) is 0 Å². The Hall–Kier alpha value is -0.300. The van der Waals surface area contributed by atoms with Gasteiger partial charge in [0.05, 0.1) is 0 Å². The van der Waals surface area contributed by atoms with E-state index in [1.54, 1.807) is 5.57 Å². The molecule has 0 aromatic heterocycles. The molecule has 0 radical (unpaired) electrons. The Bertz CT molecular complexity index is 157. The molecule has 1 heteroatoms. The summed E-state index contributed by atoms with van der Waals surface area (Å²) in [7, 11) is 0. The first-order valence-corrected chi connectivity index (χ1v) is 5.91. The van der Waals surface area contributed by atoms with Gasteiger partial charge in [-0.3, -0.25) is 0 Å². The molecule has 0 aromatic carbocycles. The van der Waals surface area contributed by atoms with Crippen molar-refractivity contribution in [3.63, 3.8) is 0 Å². The molecule has 0 aliphatic rings. The van der Waals surface area contributed by atoms with Gasteiger partial charge in [0.15, 0.2) is 0 Å². The number of nitrogens with one attached hydrogen (secondary N) is 1. The third-order valence-corrected chi connectivity index (χ3v) is 2.31. The Kier molecular flexibility index (Phi) is 7.87. The van der Waals surface area contributed by atoms with Gasteiger partial charge in [-0.1, -0.05) is 39.3 Å². The molecule has 14 heavy (non-hydrogen) atoms. The molecule has 1 N–H and O–H groups in total. The number of allylic oxidation sites excluding steroid dienone is 1. The van der Waals surface area contributed by atoms with Crippen molar-refractivity contribution < 1.29 is 0 Å². The standard InChI is InChI=1S/C13H27N/c1-11(2)8-9-13(5)7-6-10-14-12(3)4/h7,11-12,14H,6,8-10H2,1-5H3. The van der Waals surface area contributed by atoms with Crippen LogP contribution >= 0.6 is 0 Å². The summed E-state index contributed by atoms with van der Waals surface area (Å²) in [6.07, 6.45) is 6.12. The summed E-state index contributed by atoms with van der Waals surface area (Å²) in [4.78, 5) is 0. The summed E-state index contributed by atoms with van der Waals surface area (Å²) in [5.41, 5.74) is 1.55. The normalized spacial score (nSPS) is 12.9. The Labute approximate surface area is 90.0 Å². The van der Waals surface area contributed by atoms with E-state index in [1.165, 1.54) is 19.3 Å². The van der Waals surface area contributed by atoms with Crippen LogP contribution in [0.1, 0.15) is 53.9 Å². The predicted octanol–water partition coefficient (Wildman–Crippen LogP) is 3.76. The highest BCUT2D eigenvalue weighted by Crippen LogP contribution is 2.10. The van der Waals surface area contributed by atoms with Crippen LogP contribution in [0.5, 0.6) is 0 Å². The second kappa shape index (κ2) is 8.05. The molecule has 0 saturated carbocycles. The highest BCUT2D eigenvalue weighted by molar-refractivity contribution is 4.98. The first kappa shape index (κ1) is 13.7. The van der Waals surface area contributed by atoms with E-state index in [0.717, 1.165) is 12.5 Å². The molecule has 0 heterocycles. The lowest BCUT2D eigenvalue weighted by Gasteiger charge is -2.07. The van der Waals surface area contributed by atoms with Crippen molar-refractivity contribution in [1.29, 1.82) is 0 Å². The summed E-state index contributed by atoms with van der Waals surface area (Å²) in [5.74, 6) is 0.826. The van der Waals surface area contributed by atoms with Crippen molar-refractivity contribution in [2.45, 2.75) is 59.9 Å². The van der Waals surface area contributed by atoms with Gasteiger partial charge in [0, 0.05) is 6.04 Å². The van der Waals surface area contributed by atoms with Crippen molar-refractivity contribution in [3.8, 4) is 0 Å². The molecule has 0 saturated heterocycles. The lowest BCUT2D eigenvalue weighted by atomic mass is 10.0. The molecule has 0 aliphatic carbocycles. The van der Waals surface area contributed by atoms with Crippen molar-refractivity contribution in [2.24, 2.45) is 5.92 Å². The van der Waals surface area contributed by atoms with Crippen LogP contribution in [-0.4, -0.2) is 12.6 Å². The van der Waals surface area contributed by atoms with Gasteiger partial charge in [-0.25, -0.2) is 0 Å². The molecule has 0 atom stereocenters. The summed E-state index contributed by atoms with van der Waals surface area (Å²) in [5, 5.41) is 3.42. The fourth-order valence-corrected chi connectivity index (χ4v) is 1.31. The molecule has 0 aliphatic heterocycles. The molecule has 0 rings (SSSR count). The Balaban J connectivity index is 3.46. The zero-order valence-electron chi connectivity index (χ0n) is 10.6. The van der Waals surface area contributed by atoms with Gasteiger partial charge in [-0.05, 0) is 38.6 Å². The molecule has 0 bridgehead atoms. The summed E-state index contributed by atoms with van der Waals surface area (Å²) in [6, 6.07) is 0.611. The van der Waals surface area contributed by atoms with E-state index < -0.39 is 0 Å². The lowest BCUT2D eigenvalue weighted by molar-refractivity contribution is 0.579. The van der Waals surface area contributed by atoms with E-state index >= 15 is 0 Å². The monoisotopic (exact) mass is 197 g/mol. The van der Waals surface area contributed by atoms with E-state index in [9.17, 15) is 0 Å². The molecule has 0 spiro atoms. The van der Waals surface area contributed by atoms with E-state index in [0.29, 0.717) is 6.04 Å². The third-order valence-electron chi connectivity index (χ3n) is 2.31. The zero-order valence-corrected chi connectivity index (χ0v) is 10.6. The van der Waals surface area contributed by atoms with Gasteiger partial charge in [0.1, 0.15) is 0 Å². The lowest BCUT2D eigenvalue weighted by Crippen LogP contribution is -2.23. The molecule has 1 nitrogen and oxygen atoms in total. The van der Waals surface area contributed by atoms with Crippen molar-refractivity contribution >= 4 is 0 Å². The van der Waals surface area contributed by atoms with Crippen molar-refractivity contribution in [1.82, 2.24) is 5.32 Å².